The molecule has 0 aliphatic rings. The van der Waals surface area contributed by atoms with Gasteiger partial charge in [-0.05, 0) is 0 Å². The predicted molar refractivity (Wildman–Crippen MR) is 29.7 cm³/mol. The smallest absolute Gasteiger partial charge is 0.303 e. The fraction of sp³-hybridized carbons (Fsp3) is 0.750. The van der Waals surface area contributed by atoms with Crippen molar-refractivity contribution in [3.8, 4) is 0 Å². The van der Waals surface area contributed by atoms with Gasteiger partial charge in [0.25, 0.3) is 0 Å². The molecule has 0 aromatic carbocycles. The molecule has 0 aromatic rings. The Kier molecular flexibility index (Phi) is 13.1. The molecule has 0 rings (SSSR count). The summed E-state index contributed by atoms with van der Waals surface area (Å²) in [5.74, 6) is -0.745. The average molecular weight is 125 g/mol. The van der Waals surface area contributed by atoms with Crippen molar-refractivity contribution in [2.45, 2.75) is 13.3 Å². The molecule has 0 spiro atoms. The Hall–Kier alpha value is -0.240. The summed E-state index contributed by atoms with van der Waals surface area (Å²) in [4.78, 5) is 9.37. The number of carboxylic acids is 1. The standard InChI is InChI=1S/C3H6O2.CH3Cl/c1-2-3(4)5;1-2/h2H2,1H3,(H,4,5);1H3. The van der Waals surface area contributed by atoms with Gasteiger partial charge in [0.15, 0.2) is 0 Å². The SMILES string of the molecule is CCC(=O)O.CCl. The summed E-state index contributed by atoms with van der Waals surface area (Å²) >= 11 is 4.64. The minimum atomic E-state index is -0.745. The molecular formula is C4H9ClO2. The Labute approximate surface area is 48.1 Å². The quantitative estimate of drug-likeness (QED) is 0.536. The number of hydrogen-bond acceptors (Lipinski definition) is 1. The minimum Gasteiger partial charge on any atom is -0.481 e. The van der Waals surface area contributed by atoms with Crippen LogP contribution in [0, 0.1) is 0 Å². The highest BCUT2D eigenvalue weighted by molar-refractivity contribution is 6.15. The van der Waals surface area contributed by atoms with Gasteiger partial charge in [0.2, 0.25) is 0 Å². The number of aliphatic carboxylic acids is 1. The van der Waals surface area contributed by atoms with E-state index in [1.807, 2.05) is 0 Å². The molecule has 0 radical (unpaired) electrons. The molecular weight excluding hydrogens is 115 g/mol. The van der Waals surface area contributed by atoms with E-state index in [0.29, 0.717) is 0 Å². The Morgan fingerprint density at radius 3 is 1.86 bits per heavy atom. The molecule has 0 amide bonds. The largest absolute Gasteiger partial charge is 0.481 e. The lowest BCUT2D eigenvalue weighted by molar-refractivity contribution is -0.136. The van der Waals surface area contributed by atoms with E-state index in [0.717, 1.165) is 0 Å². The van der Waals surface area contributed by atoms with Gasteiger partial charge in [0, 0.05) is 12.8 Å². The number of carbonyl (C=O) groups is 1. The van der Waals surface area contributed by atoms with Crippen molar-refractivity contribution in [3.05, 3.63) is 0 Å². The van der Waals surface area contributed by atoms with Gasteiger partial charge in [-0.2, -0.15) is 0 Å². The highest BCUT2D eigenvalue weighted by Crippen LogP contribution is 1.67. The second kappa shape index (κ2) is 9.23. The Morgan fingerprint density at radius 2 is 1.86 bits per heavy atom. The normalized spacial score (nSPS) is 6.14. The van der Waals surface area contributed by atoms with Crippen molar-refractivity contribution in [2.75, 3.05) is 6.38 Å². The summed E-state index contributed by atoms with van der Waals surface area (Å²) in [5, 5.41) is 7.72. The topological polar surface area (TPSA) is 37.3 Å². The van der Waals surface area contributed by atoms with Crippen LogP contribution in [0.4, 0.5) is 0 Å². The summed E-state index contributed by atoms with van der Waals surface area (Å²) < 4.78 is 0. The van der Waals surface area contributed by atoms with E-state index in [1.165, 1.54) is 6.38 Å². The van der Waals surface area contributed by atoms with Crippen LogP contribution in [0.3, 0.4) is 0 Å². The molecule has 0 aliphatic heterocycles. The summed E-state index contributed by atoms with van der Waals surface area (Å²) in [5.41, 5.74) is 0. The molecule has 3 heteroatoms. The molecule has 44 valence electrons. The van der Waals surface area contributed by atoms with Gasteiger partial charge in [0.1, 0.15) is 0 Å². The molecule has 0 heterocycles. The minimum absolute atomic E-state index is 0.222. The molecule has 7 heavy (non-hydrogen) atoms. The summed E-state index contributed by atoms with van der Waals surface area (Å²) in [6, 6.07) is 0. The highest BCUT2D eigenvalue weighted by Gasteiger charge is 1.80. The van der Waals surface area contributed by atoms with Gasteiger partial charge in [-0.1, -0.05) is 6.92 Å². The number of alkyl halides is 1. The summed E-state index contributed by atoms with van der Waals surface area (Å²) in [7, 11) is 0. The molecule has 2 nitrogen and oxygen atoms in total. The first-order valence-corrected chi connectivity index (χ1v) is 2.62. The third-order valence-corrected chi connectivity index (χ3v) is 0.302. The van der Waals surface area contributed by atoms with Gasteiger partial charge < -0.3 is 5.11 Å². The zero-order chi connectivity index (χ0) is 6.28. The first kappa shape index (κ1) is 9.90. The maximum atomic E-state index is 9.37. The average Bonchev–Trinajstić information content (AvgIpc) is 1.73. The van der Waals surface area contributed by atoms with Crippen LogP contribution in [0.2, 0.25) is 0 Å². The van der Waals surface area contributed by atoms with Crippen LogP contribution >= 0.6 is 11.6 Å². The zero-order valence-corrected chi connectivity index (χ0v) is 5.20. The first-order valence-electron chi connectivity index (χ1n) is 1.87. The number of hydrogen-bond donors (Lipinski definition) is 1. The fourth-order valence-electron chi connectivity index (χ4n) is 0. The molecule has 0 bridgehead atoms. The molecule has 0 unspecified atom stereocenters. The van der Waals surface area contributed by atoms with Gasteiger partial charge in [-0.15, -0.1) is 11.6 Å². The van der Waals surface area contributed by atoms with Crippen molar-refractivity contribution < 1.29 is 9.90 Å². The van der Waals surface area contributed by atoms with Gasteiger partial charge in [-0.3, -0.25) is 4.79 Å². The van der Waals surface area contributed by atoms with Crippen molar-refractivity contribution in [2.24, 2.45) is 0 Å². The van der Waals surface area contributed by atoms with E-state index in [2.05, 4.69) is 11.6 Å². The summed E-state index contributed by atoms with van der Waals surface area (Å²) in [6.07, 6.45) is 1.69. The first-order chi connectivity index (χ1) is 3.27. The van der Waals surface area contributed by atoms with Gasteiger partial charge >= 0.3 is 5.97 Å². The Morgan fingerprint density at radius 1 is 1.71 bits per heavy atom. The van der Waals surface area contributed by atoms with E-state index < -0.39 is 5.97 Å². The molecule has 0 aliphatic carbocycles. The Bertz CT molecular complexity index is 45.0. The third kappa shape index (κ3) is 26.3. The molecule has 0 saturated heterocycles. The third-order valence-electron chi connectivity index (χ3n) is 0.302. The lowest BCUT2D eigenvalue weighted by Crippen LogP contribution is -1.86. The number of rotatable bonds is 1. The van der Waals surface area contributed by atoms with Crippen molar-refractivity contribution in [3.63, 3.8) is 0 Å². The maximum Gasteiger partial charge on any atom is 0.303 e. The monoisotopic (exact) mass is 124 g/mol. The Balaban J connectivity index is 0. The highest BCUT2D eigenvalue weighted by atomic mass is 35.5. The predicted octanol–water partition coefficient (Wildman–Crippen LogP) is 1.34. The lowest BCUT2D eigenvalue weighted by atomic mass is 10.5. The van der Waals surface area contributed by atoms with Crippen molar-refractivity contribution >= 4 is 17.6 Å². The zero-order valence-electron chi connectivity index (χ0n) is 4.44. The lowest BCUT2D eigenvalue weighted by Gasteiger charge is -1.71. The summed E-state index contributed by atoms with van der Waals surface area (Å²) in [6.45, 7) is 1.60. The maximum absolute atomic E-state index is 9.37. The van der Waals surface area contributed by atoms with Crippen LogP contribution in [0.25, 0.3) is 0 Å². The second-order valence-electron chi connectivity index (χ2n) is 0.747. The van der Waals surface area contributed by atoms with Crippen molar-refractivity contribution in [1.82, 2.24) is 0 Å². The van der Waals surface area contributed by atoms with Crippen molar-refractivity contribution in [1.29, 1.82) is 0 Å². The molecule has 1 N–H and O–H groups in total. The number of carboxylic acid groups (broad SMARTS) is 1. The van der Waals surface area contributed by atoms with Crippen LogP contribution in [0.15, 0.2) is 0 Å². The van der Waals surface area contributed by atoms with E-state index in [1.54, 1.807) is 6.92 Å². The van der Waals surface area contributed by atoms with E-state index in [4.69, 9.17) is 5.11 Å². The van der Waals surface area contributed by atoms with Crippen LogP contribution in [0.5, 0.6) is 0 Å². The van der Waals surface area contributed by atoms with E-state index >= 15 is 0 Å². The van der Waals surface area contributed by atoms with Crippen LogP contribution < -0.4 is 0 Å². The van der Waals surface area contributed by atoms with Crippen LogP contribution in [-0.4, -0.2) is 17.5 Å². The second-order valence-corrected chi connectivity index (χ2v) is 0.747. The van der Waals surface area contributed by atoms with Gasteiger partial charge in [0.05, 0.1) is 0 Å². The van der Waals surface area contributed by atoms with E-state index in [-0.39, 0.29) is 6.42 Å². The molecule has 0 fully saturated rings. The van der Waals surface area contributed by atoms with Crippen LogP contribution in [0.1, 0.15) is 13.3 Å². The molecule has 0 atom stereocenters. The van der Waals surface area contributed by atoms with Gasteiger partial charge in [-0.25, -0.2) is 0 Å². The molecule has 0 saturated carbocycles. The molecule has 0 aromatic heterocycles. The van der Waals surface area contributed by atoms with Crippen LogP contribution in [-0.2, 0) is 4.79 Å². The van der Waals surface area contributed by atoms with E-state index in [9.17, 15) is 4.79 Å². The fourth-order valence-corrected chi connectivity index (χ4v) is 0. The number of halogens is 1.